The van der Waals surface area contributed by atoms with Gasteiger partial charge in [-0.15, -0.1) is 0 Å². The van der Waals surface area contributed by atoms with E-state index in [0.29, 0.717) is 0 Å². The van der Waals surface area contributed by atoms with Crippen LogP contribution in [0.2, 0.25) is 0 Å². The predicted octanol–water partition coefficient (Wildman–Crippen LogP) is 12.0. The van der Waals surface area contributed by atoms with E-state index in [2.05, 4.69) is 0 Å². The van der Waals surface area contributed by atoms with Crippen molar-refractivity contribution >= 4 is 54.3 Å². The highest BCUT2D eigenvalue weighted by molar-refractivity contribution is 6.23. The van der Waals surface area contributed by atoms with Crippen molar-refractivity contribution in [2.45, 2.75) is 0 Å². The van der Waals surface area contributed by atoms with Gasteiger partial charge in [0.1, 0.15) is 11.2 Å². The van der Waals surface area contributed by atoms with Gasteiger partial charge in [0.15, 0.2) is 0 Å². The zero-order chi connectivity index (χ0) is 51.0. The molecule has 1 heteroatoms. The van der Waals surface area contributed by atoms with E-state index < -0.39 is 245 Å². The van der Waals surface area contributed by atoms with E-state index >= 15 is 0 Å². The van der Waals surface area contributed by atoms with E-state index in [0.717, 1.165) is 0 Å². The largest absolute Gasteiger partial charge is 0.456 e. The smallest absolute Gasteiger partial charge is 0.136 e. The number of furan rings is 1. The van der Waals surface area contributed by atoms with Crippen LogP contribution in [0.4, 0.5) is 0 Å². The van der Waals surface area contributed by atoms with E-state index in [1.54, 1.807) is 0 Å². The Morgan fingerprint density at radius 3 is 1.65 bits per heavy atom. The van der Waals surface area contributed by atoms with Gasteiger partial charge in [0.2, 0.25) is 0 Å². The van der Waals surface area contributed by atoms with Crippen molar-refractivity contribution in [2.24, 2.45) is 0 Å². The zero-order valence-electron chi connectivity index (χ0n) is 47.4. The summed E-state index contributed by atoms with van der Waals surface area (Å²) in [6, 6.07) is -23.5. The first-order valence-corrected chi connectivity index (χ1v) is 12.7. The Balaban J connectivity index is 1.62. The van der Waals surface area contributed by atoms with Gasteiger partial charge in [-0.25, -0.2) is 0 Å². The molecule has 0 aliphatic rings. The average molecular weight is 573 g/mol. The van der Waals surface area contributed by atoms with E-state index in [1.807, 2.05) is 0 Å². The van der Waals surface area contributed by atoms with Crippen molar-refractivity contribution in [3.05, 3.63) is 157 Å². The minimum absolute atomic E-state index is 0.523. The fourth-order valence-corrected chi connectivity index (χ4v) is 5.17. The first-order valence-electron chi connectivity index (χ1n) is 25.7. The van der Waals surface area contributed by atoms with E-state index in [9.17, 15) is 12.3 Å². The molecule has 0 amide bonds. The van der Waals surface area contributed by atoms with Gasteiger partial charge in [-0.2, -0.15) is 0 Å². The lowest BCUT2D eigenvalue weighted by molar-refractivity contribution is 0.669. The maximum atomic E-state index is 9.90. The van der Waals surface area contributed by atoms with Gasteiger partial charge in [0.25, 0.3) is 0 Å². The third-order valence-corrected chi connectivity index (χ3v) is 6.95. The van der Waals surface area contributed by atoms with E-state index in [4.69, 9.17) is 27.7 Å². The van der Waals surface area contributed by atoms with Gasteiger partial charge in [0, 0.05) is 10.8 Å². The summed E-state index contributed by atoms with van der Waals surface area (Å²) in [7, 11) is 0. The molecule has 1 nitrogen and oxygen atoms in total. The predicted molar refractivity (Wildman–Crippen MR) is 183 cm³/mol. The Morgan fingerprint density at radius 2 is 0.953 bits per heavy atom. The highest BCUT2D eigenvalue weighted by atomic mass is 16.3. The quantitative estimate of drug-likeness (QED) is 0.192. The van der Waals surface area contributed by atoms with Crippen molar-refractivity contribution in [1.29, 1.82) is 0 Å². The molecule has 0 radical (unpaired) electrons. The van der Waals surface area contributed by atoms with Crippen LogP contribution in [0.1, 0.15) is 35.6 Å². The average Bonchev–Trinajstić information content (AvgIpc) is 3.72. The van der Waals surface area contributed by atoms with Crippen LogP contribution in [0.15, 0.2) is 162 Å². The van der Waals surface area contributed by atoms with E-state index in [1.165, 1.54) is 0 Å². The molecule has 0 aliphatic carbocycles. The summed E-state index contributed by atoms with van der Waals surface area (Å²) in [4.78, 5) is 0. The molecule has 0 aliphatic heterocycles. The molecular formula is C42H26O. The highest BCUT2D eigenvalue weighted by Crippen LogP contribution is 2.45. The maximum absolute atomic E-state index is 9.90. The molecule has 0 unspecified atom stereocenters. The lowest BCUT2D eigenvalue weighted by Crippen LogP contribution is -1.91. The molecular weight excluding hydrogens is 520 g/mol. The van der Waals surface area contributed by atoms with Crippen molar-refractivity contribution in [2.75, 3.05) is 0 Å². The monoisotopic (exact) mass is 572 g/mol. The Bertz CT molecular complexity index is 3860. The van der Waals surface area contributed by atoms with E-state index in [-0.39, 0.29) is 0 Å². The van der Waals surface area contributed by atoms with Crippen LogP contribution in [-0.4, -0.2) is 0 Å². The normalized spacial score (nSPS) is 20.2. The number of hydrogen-bond acceptors (Lipinski definition) is 1. The summed E-state index contributed by atoms with van der Waals surface area (Å²) >= 11 is 0. The standard InChI is InChI=1S/C42H26O/c1-2-12-28(13-3-1)32-19-10-20-39-42(32)37-26-31(23-24-38(37)43-39)41-35-17-8-6-15-33(35)40(34-16-7-9-18-36(34)41)30-22-21-27-11-4-5-14-29(27)25-30/h1-26H/i1D,2D,3D,4D,5D,6D,7D,8D,9D,10D,11D,12D,13D,14D,15D,16D,17D,18D,19D,20D,21D,22D,23D,24D,25D,26D. The number of fused-ring (bicyclic) bond motifs is 6. The zero-order valence-corrected chi connectivity index (χ0v) is 21.4. The van der Waals surface area contributed by atoms with Gasteiger partial charge in [-0.3, -0.25) is 0 Å². The van der Waals surface area contributed by atoms with Gasteiger partial charge in [-0.1, -0.05) is 133 Å². The number of rotatable bonds is 3. The molecule has 0 bridgehead atoms. The van der Waals surface area contributed by atoms with Crippen LogP contribution >= 0.6 is 0 Å². The fraction of sp³-hybridized carbons (Fsp3) is 0. The molecule has 8 aromatic carbocycles. The summed E-state index contributed by atoms with van der Waals surface area (Å²) in [6.45, 7) is 0. The third-order valence-electron chi connectivity index (χ3n) is 6.95. The molecule has 0 fully saturated rings. The van der Waals surface area contributed by atoms with Crippen molar-refractivity contribution in [1.82, 2.24) is 0 Å². The molecule has 1 heterocycles. The lowest BCUT2D eigenvalue weighted by atomic mass is 9.85. The highest BCUT2D eigenvalue weighted by Gasteiger charge is 2.19. The third kappa shape index (κ3) is 3.72. The Kier molecular flexibility index (Phi) is 2.13. The molecule has 0 saturated heterocycles. The van der Waals surface area contributed by atoms with Crippen molar-refractivity contribution in [3.63, 3.8) is 0 Å². The van der Waals surface area contributed by atoms with Gasteiger partial charge < -0.3 is 4.42 Å². The van der Waals surface area contributed by atoms with Crippen molar-refractivity contribution in [3.8, 4) is 33.4 Å². The molecule has 9 rings (SSSR count). The molecule has 9 aromatic rings. The lowest BCUT2D eigenvalue weighted by Gasteiger charge is -2.18. The maximum Gasteiger partial charge on any atom is 0.136 e. The van der Waals surface area contributed by atoms with Gasteiger partial charge in [-0.05, 0) is 89.9 Å². The van der Waals surface area contributed by atoms with Crippen LogP contribution in [0.3, 0.4) is 0 Å². The second kappa shape index (κ2) is 9.44. The van der Waals surface area contributed by atoms with Crippen molar-refractivity contribution < 1.29 is 40.1 Å². The summed E-state index contributed by atoms with van der Waals surface area (Å²) in [5.41, 5.74) is -5.56. The molecule has 43 heavy (non-hydrogen) atoms. The van der Waals surface area contributed by atoms with Crippen LogP contribution in [0.5, 0.6) is 0 Å². The first-order chi connectivity index (χ1) is 32.2. The minimum atomic E-state index is -0.980. The molecule has 0 N–H and O–H groups in total. The topological polar surface area (TPSA) is 13.1 Å². The summed E-state index contributed by atoms with van der Waals surface area (Å²) in [6.07, 6.45) is 0. The first kappa shape index (κ1) is 9.69. The second-order valence-electron chi connectivity index (χ2n) is 9.26. The Hall–Kier alpha value is -5.66. The Labute approximate surface area is 285 Å². The van der Waals surface area contributed by atoms with Crippen LogP contribution in [0.25, 0.3) is 87.6 Å². The van der Waals surface area contributed by atoms with Crippen LogP contribution < -0.4 is 0 Å². The number of benzene rings is 8. The fourth-order valence-electron chi connectivity index (χ4n) is 5.17. The summed E-state index contributed by atoms with van der Waals surface area (Å²) in [5.74, 6) is 0. The van der Waals surface area contributed by atoms with Gasteiger partial charge in [0.05, 0.1) is 35.6 Å². The molecule has 0 spiro atoms. The Morgan fingerprint density at radius 1 is 0.372 bits per heavy atom. The minimum Gasteiger partial charge on any atom is -0.456 e. The molecule has 1 aromatic heterocycles. The summed E-state index contributed by atoms with van der Waals surface area (Å²) < 4.78 is 238. The molecule has 0 atom stereocenters. The van der Waals surface area contributed by atoms with Gasteiger partial charge >= 0.3 is 0 Å². The van der Waals surface area contributed by atoms with Crippen LogP contribution in [0, 0.1) is 0 Å². The molecule has 0 saturated carbocycles. The molecule has 200 valence electrons. The SMILES string of the molecule is [2H]c1c([2H])c([2H])c(-c2c([2H])c([2H])c([2H])c3oc4c([2H])c([2H])c(-c5c6c([2H])c([2H])c([2H])c([2H])c6c(-c6c([2H])c([2H])c7c([2H])c([2H])c([2H])c([2H])c7c6[2H])c6c([2H])c([2H])c([2H])c([2H])c56)c([2H])c4c23)c([2H])c1[2H]. The van der Waals surface area contributed by atoms with Crippen LogP contribution in [-0.2, 0) is 0 Å². The summed E-state index contributed by atoms with van der Waals surface area (Å²) in [5, 5.41) is -5.15. The number of hydrogen-bond donors (Lipinski definition) is 0. The second-order valence-corrected chi connectivity index (χ2v) is 9.26.